The molecule has 1 aromatic heterocycles. The minimum Gasteiger partial charge on any atom is -0.391 e. The molecule has 1 amide bonds. The van der Waals surface area contributed by atoms with E-state index in [1.165, 1.54) is 5.56 Å². The van der Waals surface area contributed by atoms with Crippen LogP contribution in [-0.2, 0) is 24.2 Å². The standard InChI is InChI=1S/C17H22N4O3/c1-18-16(23)8-15-19-17(24-20-15)11-21-9-13(14(22)10-21)7-12-5-3-2-4-6-12/h2-6,13-14,22H,7-11H2,1H3,(H,18,23)/t13-,14-/m1/s1. The third kappa shape index (κ3) is 4.18. The molecule has 2 aromatic rings. The molecule has 3 rings (SSSR count). The summed E-state index contributed by atoms with van der Waals surface area (Å²) in [5.41, 5.74) is 1.23. The summed E-state index contributed by atoms with van der Waals surface area (Å²) in [5, 5.41) is 16.6. The van der Waals surface area contributed by atoms with Gasteiger partial charge < -0.3 is 14.9 Å². The summed E-state index contributed by atoms with van der Waals surface area (Å²) >= 11 is 0. The molecule has 0 bridgehead atoms. The zero-order valence-electron chi connectivity index (χ0n) is 13.7. The zero-order chi connectivity index (χ0) is 16.9. The molecule has 0 aliphatic carbocycles. The Kier molecular flexibility index (Phi) is 5.22. The summed E-state index contributed by atoms with van der Waals surface area (Å²) in [6.45, 7) is 1.86. The molecule has 24 heavy (non-hydrogen) atoms. The van der Waals surface area contributed by atoms with E-state index >= 15 is 0 Å². The number of hydrogen-bond acceptors (Lipinski definition) is 6. The number of likely N-dealkylation sites (tertiary alicyclic amines) is 1. The van der Waals surface area contributed by atoms with Gasteiger partial charge in [-0.05, 0) is 12.0 Å². The summed E-state index contributed by atoms with van der Waals surface area (Å²) in [4.78, 5) is 17.7. The molecular formula is C17H22N4O3. The largest absolute Gasteiger partial charge is 0.391 e. The monoisotopic (exact) mass is 330 g/mol. The minimum atomic E-state index is -0.363. The molecule has 0 saturated carbocycles. The molecule has 1 aliphatic heterocycles. The lowest BCUT2D eigenvalue weighted by molar-refractivity contribution is -0.120. The first-order chi connectivity index (χ1) is 11.6. The highest BCUT2D eigenvalue weighted by Crippen LogP contribution is 2.22. The van der Waals surface area contributed by atoms with Crippen molar-refractivity contribution in [1.29, 1.82) is 0 Å². The highest BCUT2D eigenvalue weighted by molar-refractivity contribution is 5.77. The normalized spacial score (nSPS) is 21.1. The van der Waals surface area contributed by atoms with Crippen molar-refractivity contribution >= 4 is 5.91 Å². The average Bonchev–Trinajstić information content (AvgIpc) is 3.15. The minimum absolute atomic E-state index is 0.110. The van der Waals surface area contributed by atoms with Gasteiger partial charge in [0.1, 0.15) is 0 Å². The van der Waals surface area contributed by atoms with Gasteiger partial charge in [0.2, 0.25) is 11.8 Å². The highest BCUT2D eigenvalue weighted by atomic mass is 16.5. The van der Waals surface area contributed by atoms with E-state index in [9.17, 15) is 9.90 Å². The number of aliphatic hydroxyl groups excluding tert-OH is 1. The number of aliphatic hydroxyl groups is 1. The molecule has 7 heteroatoms. The Bertz CT molecular complexity index is 673. The molecule has 7 nitrogen and oxygen atoms in total. The number of β-amino-alcohol motifs (C(OH)–C–C–N with tert-alkyl or cyclic N) is 1. The third-order valence-corrected chi connectivity index (χ3v) is 4.29. The Morgan fingerprint density at radius 3 is 2.92 bits per heavy atom. The van der Waals surface area contributed by atoms with Gasteiger partial charge in [-0.3, -0.25) is 9.69 Å². The van der Waals surface area contributed by atoms with Crippen LogP contribution in [0.5, 0.6) is 0 Å². The Labute approximate surface area is 140 Å². The number of likely N-dealkylation sites (N-methyl/N-ethyl adjacent to an activating group) is 1. The van der Waals surface area contributed by atoms with E-state index in [4.69, 9.17) is 4.52 Å². The number of aromatic nitrogens is 2. The maximum absolute atomic E-state index is 11.3. The number of nitrogens with zero attached hydrogens (tertiary/aromatic N) is 3. The molecule has 2 atom stereocenters. The van der Waals surface area contributed by atoms with Crippen LogP contribution in [0.25, 0.3) is 0 Å². The van der Waals surface area contributed by atoms with Gasteiger partial charge in [0.25, 0.3) is 0 Å². The molecule has 2 heterocycles. The first-order valence-corrected chi connectivity index (χ1v) is 8.10. The second-order valence-corrected chi connectivity index (χ2v) is 6.17. The molecule has 0 spiro atoms. The molecule has 1 fully saturated rings. The quantitative estimate of drug-likeness (QED) is 0.796. The highest BCUT2D eigenvalue weighted by Gasteiger charge is 2.32. The summed E-state index contributed by atoms with van der Waals surface area (Å²) in [6, 6.07) is 10.2. The van der Waals surface area contributed by atoms with Crippen LogP contribution in [0.3, 0.4) is 0 Å². The molecule has 1 saturated heterocycles. The Balaban J connectivity index is 1.54. The Hall–Kier alpha value is -2.25. The van der Waals surface area contributed by atoms with Gasteiger partial charge in [-0.1, -0.05) is 35.5 Å². The number of nitrogens with one attached hydrogen (secondary N) is 1. The van der Waals surface area contributed by atoms with E-state index in [0.29, 0.717) is 24.8 Å². The van der Waals surface area contributed by atoms with Crippen molar-refractivity contribution in [2.24, 2.45) is 5.92 Å². The van der Waals surface area contributed by atoms with Crippen molar-refractivity contribution in [2.75, 3.05) is 20.1 Å². The number of benzene rings is 1. The van der Waals surface area contributed by atoms with E-state index in [1.807, 2.05) is 18.2 Å². The lowest BCUT2D eigenvalue weighted by Crippen LogP contribution is -2.22. The van der Waals surface area contributed by atoms with Crippen molar-refractivity contribution in [1.82, 2.24) is 20.4 Å². The van der Waals surface area contributed by atoms with Crippen molar-refractivity contribution in [3.63, 3.8) is 0 Å². The maximum Gasteiger partial charge on any atom is 0.240 e. The fraction of sp³-hybridized carbons (Fsp3) is 0.471. The molecular weight excluding hydrogens is 308 g/mol. The fourth-order valence-electron chi connectivity index (χ4n) is 3.04. The van der Waals surface area contributed by atoms with Gasteiger partial charge >= 0.3 is 0 Å². The molecule has 0 unspecified atom stereocenters. The lowest BCUT2D eigenvalue weighted by atomic mass is 9.97. The maximum atomic E-state index is 11.3. The van der Waals surface area contributed by atoms with Crippen LogP contribution >= 0.6 is 0 Å². The van der Waals surface area contributed by atoms with Crippen LogP contribution in [0.15, 0.2) is 34.9 Å². The third-order valence-electron chi connectivity index (χ3n) is 4.29. The Morgan fingerprint density at radius 1 is 1.38 bits per heavy atom. The van der Waals surface area contributed by atoms with Gasteiger partial charge in [0.15, 0.2) is 5.82 Å². The molecule has 2 N–H and O–H groups in total. The van der Waals surface area contributed by atoms with Crippen LogP contribution in [0.1, 0.15) is 17.3 Å². The van der Waals surface area contributed by atoms with Crippen molar-refractivity contribution < 1.29 is 14.4 Å². The summed E-state index contributed by atoms with van der Waals surface area (Å²) in [6.07, 6.45) is 0.599. The lowest BCUT2D eigenvalue weighted by Gasteiger charge is -2.13. The molecule has 128 valence electrons. The van der Waals surface area contributed by atoms with E-state index in [1.54, 1.807) is 7.05 Å². The van der Waals surface area contributed by atoms with E-state index in [2.05, 4.69) is 32.5 Å². The SMILES string of the molecule is CNC(=O)Cc1noc(CN2C[C@@H](Cc3ccccc3)[C@H](O)C2)n1. The Morgan fingerprint density at radius 2 is 2.17 bits per heavy atom. The smallest absolute Gasteiger partial charge is 0.240 e. The number of amides is 1. The summed E-state index contributed by atoms with van der Waals surface area (Å²) in [7, 11) is 1.57. The van der Waals surface area contributed by atoms with Crippen LogP contribution in [0, 0.1) is 5.92 Å². The zero-order valence-corrected chi connectivity index (χ0v) is 13.7. The van der Waals surface area contributed by atoms with Gasteiger partial charge in [-0.15, -0.1) is 0 Å². The van der Waals surface area contributed by atoms with E-state index in [-0.39, 0.29) is 24.3 Å². The fourth-order valence-corrected chi connectivity index (χ4v) is 3.04. The second-order valence-electron chi connectivity index (χ2n) is 6.17. The van der Waals surface area contributed by atoms with Gasteiger partial charge in [0.05, 0.1) is 19.1 Å². The van der Waals surface area contributed by atoms with Crippen LogP contribution in [0.4, 0.5) is 0 Å². The van der Waals surface area contributed by atoms with Crippen molar-refractivity contribution in [3.8, 4) is 0 Å². The first kappa shape index (κ1) is 16.6. The average molecular weight is 330 g/mol. The molecule has 1 aromatic carbocycles. The van der Waals surface area contributed by atoms with Gasteiger partial charge in [-0.25, -0.2) is 0 Å². The number of hydrogen-bond donors (Lipinski definition) is 2. The number of carbonyl (C=O) groups excluding carboxylic acids is 1. The van der Waals surface area contributed by atoms with E-state index < -0.39 is 0 Å². The predicted molar refractivity (Wildman–Crippen MR) is 87.0 cm³/mol. The van der Waals surface area contributed by atoms with Crippen LogP contribution < -0.4 is 5.32 Å². The van der Waals surface area contributed by atoms with Crippen LogP contribution in [0.2, 0.25) is 0 Å². The van der Waals surface area contributed by atoms with Gasteiger partial charge in [-0.2, -0.15) is 4.98 Å². The topological polar surface area (TPSA) is 91.5 Å². The number of carbonyl (C=O) groups is 1. The van der Waals surface area contributed by atoms with E-state index in [0.717, 1.165) is 13.0 Å². The first-order valence-electron chi connectivity index (χ1n) is 8.10. The van der Waals surface area contributed by atoms with Gasteiger partial charge in [0, 0.05) is 26.1 Å². The molecule has 0 radical (unpaired) electrons. The second kappa shape index (κ2) is 7.55. The predicted octanol–water partition coefficient (Wildman–Crippen LogP) is 0.393. The number of rotatable bonds is 6. The van der Waals surface area contributed by atoms with Crippen LogP contribution in [-0.4, -0.2) is 52.3 Å². The summed E-state index contributed by atoms with van der Waals surface area (Å²) in [5.74, 6) is 0.897. The van der Waals surface area contributed by atoms with Crippen molar-refractivity contribution in [2.45, 2.75) is 25.5 Å². The van der Waals surface area contributed by atoms with Crippen molar-refractivity contribution in [3.05, 3.63) is 47.6 Å². The molecule has 1 aliphatic rings. The summed E-state index contributed by atoms with van der Waals surface area (Å²) < 4.78 is 5.20.